The van der Waals surface area contributed by atoms with Crippen LogP contribution in [0.4, 0.5) is 5.69 Å². The maximum absolute atomic E-state index is 12.3. The van der Waals surface area contributed by atoms with Crippen LogP contribution in [0.15, 0.2) is 46.9 Å². The van der Waals surface area contributed by atoms with Crippen LogP contribution >= 0.6 is 0 Å². The molecule has 3 aromatic rings. The molecule has 1 amide bonds. The summed E-state index contributed by atoms with van der Waals surface area (Å²) in [6.45, 7) is 1.29. The SMILES string of the molecule is COc1ccc2oc(C(=O)OCC(=O)Nc3ccc(CC#N)cc3)c(C)c2c1. The molecular weight excluding hydrogens is 360 g/mol. The van der Waals surface area contributed by atoms with Crippen LogP contribution in [0.5, 0.6) is 5.75 Å². The van der Waals surface area contributed by atoms with Gasteiger partial charge in [-0.1, -0.05) is 12.1 Å². The van der Waals surface area contributed by atoms with Crippen LogP contribution in [0, 0.1) is 18.3 Å². The normalized spacial score (nSPS) is 10.3. The highest BCUT2D eigenvalue weighted by Gasteiger charge is 2.20. The number of esters is 1. The summed E-state index contributed by atoms with van der Waals surface area (Å²) in [6.07, 6.45) is 0.300. The Morgan fingerprint density at radius 2 is 1.93 bits per heavy atom. The van der Waals surface area contributed by atoms with E-state index in [1.54, 1.807) is 56.5 Å². The third-order valence-corrected chi connectivity index (χ3v) is 4.18. The Balaban J connectivity index is 1.62. The largest absolute Gasteiger partial charge is 0.497 e. The number of aryl methyl sites for hydroxylation is 1. The highest BCUT2D eigenvalue weighted by atomic mass is 16.5. The van der Waals surface area contributed by atoms with Crippen molar-refractivity contribution >= 4 is 28.5 Å². The van der Waals surface area contributed by atoms with Crippen LogP contribution < -0.4 is 10.1 Å². The first-order valence-corrected chi connectivity index (χ1v) is 8.52. The zero-order valence-electron chi connectivity index (χ0n) is 15.4. The summed E-state index contributed by atoms with van der Waals surface area (Å²) in [5.41, 5.74) is 2.55. The summed E-state index contributed by atoms with van der Waals surface area (Å²) in [7, 11) is 1.56. The standard InChI is InChI=1S/C21H18N2O5/c1-13-17-11-16(26-2)7-8-18(17)28-20(13)21(25)27-12-19(24)23-15-5-3-14(4-6-15)9-10-22/h3-8,11H,9,12H2,1-2H3,(H,23,24). The minimum atomic E-state index is -0.716. The van der Waals surface area contributed by atoms with Gasteiger partial charge in [0.25, 0.3) is 5.91 Å². The molecule has 1 aromatic heterocycles. The van der Waals surface area contributed by atoms with Crippen molar-refractivity contribution in [2.75, 3.05) is 19.0 Å². The molecule has 0 aliphatic carbocycles. The van der Waals surface area contributed by atoms with E-state index in [1.165, 1.54) is 0 Å². The fourth-order valence-corrected chi connectivity index (χ4v) is 2.71. The van der Waals surface area contributed by atoms with Gasteiger partial charge in [-0.05, 0) is 42.8 Å². The van der Waals surface area contributed by atoms with E-state index >= 15 is 0 Å². The van der Waals surface area contributed by atoms with Crippen molar-refractivity contribution in [2.45, 2.75) is 13.3 Å². The lowest BCUT2D eigenvalue weighted by molar-refractivity contribution is -0.119. The molecule has 0 saturated carbocycles. The summed E-state index contributed by atoms with van der Waals surface area (Å²) in [6, 6.07) is 14.1. The fourth-order valence-electron chi connectivity index (χ4n) is 2.71. The number of fused-ring (bicyclic) bond motifs is 1. The predicted octanol–water partition coefficient (Wildman–Crippen LogP) is 3.61. The number of furan rings is 1. The number of methoxy groups -OCH3 is 1. The molecular formula is C21H18N2O5. The highest BCUT2D eigenvalue weighted by Crippen LogP contribution is 2.29. The van der Waals surface area contributed by atoms with Gasteiger partial charge in [0.15, 0.2) is 6.61 Å². The Bertz CT molecular complexity index is 1060. The van der Waals surface area contributed by atoms with Gasteiger partial charge in [-0.3, -0.25) is 4.79 Å². The van der Waals surface area contributed by atoms with Crippen molar-refractivity contribution < 1.29 is 23.5 Å². The molecule has 0 spiro atoms. The van der Waals surface area contributed by atoms with Crippen LogP contribution in [-0.4, -0.2) is 25.6 Å². The van der Waals surface area contributed by atoms with E-state index in [0.717, 1.165) is 10.9 Å². The van der Waals surface area contributed by atoms with Crippen molar-refractivity contribution in [3.63, 3.8) is 0 Å². The van der Waals surface area contributed by atoms with Crippen molar-refractivity contribution in [2.24, 2.45) is 0 Å². The van der Waals surface area contributed by atoms with E-state index in [0.29, 0.717) is 29.0 Å². The monoisotopic (exact) mass is 378 g/mol. The number of hydrogen-bond donors (Lipinski definition) is 1. The Kier molecular flexibility index (Phi) is 5.61. The average Bonchev–Trinajstić information content (AvgIpc) is 3.04. The molecule has 0 fully saturated rings. The smallest absolute Gasteiger partial charge is 0.375 e. The Labute approximate surface area is 161 Å². The number of hydrogen-bond acceptors (Lipinski definition) is 6. The molecule has 142 valence electrons. The molecule has 0 aliphatic heterocycles. The third kappa shape index (κ3) is 4.13. The predicted molar refractivity (Wildman–Crippen MR) is 102 cm³/mol. The molecule has 0 bridgehead atoms. The number of benzene rings is 2. The summed E-state index contributed by atoms with van der Waals surface area (Å²) in [5, 5.41) is 12.0. The average molecular weight is 378 g/mol. The second-order valence-electron chi connectivity index (χ2n) is 6.07. The first-order valence-electron chi connectivity index (χ1n) is 8.52. The number of anilines is 1. The number of rotatable bonds is 6. The van der Waals surface area contributed by atoms with Gasteiger partial charge in [-0.15, -0.1) is 0 Å². The maximum Gasteiger partial charge on any atom is 0.375 e. The quantitative estimate of drug-likeness (QED) is 0.658. The van der Waals surface area contributed by atoms with Crippen LogP contribution in [-0.2, 0) is 16.0 Å². The second-order valence-corrected chi connectivity index (χ2v) is 6.07. The lowest BCUT2D eigenvalue weighted by Crippen LogP contribution is -2.21. The molecule has 1 heterocycles. The van der Waals surface area contributed by atoms with E-state index < -0.39 is 18.5 Å². The molecule has 0 saturated heterocycles. The summed E-state index contributed by atoms with van der Waals surface area (Å²) >= 11 is 0. The van der Waals surface area contributed by atoms with Gasteiger partial charge in [-0.25, -0.2) is 4.79 Å². The van der Waals surface area contributed by atoms with Gasteiger partial charge in [0.2, 0.25) is 5.76 Å². The minimum absolute atomic E-state index is 0.0527. The minimum Gasteiger partial charge on any atom is -0.497 e. The van der Waals surface area contributed by atoms with Crippen molar-refractivity contribution in [3.05, 3.63) is 59.4 Å². The third-order valence-electron chi connectivity index (χ3n) is 4.18. The van der Waals surface area contributed by atoms with Crippen LogP contribution in [0.1, 0.15) is 21.7 Å². The van der Waals surface area contributed by atoms with E-state index in [1.807, 2.05) is 0 Å². The van der Waals surface area contributed by atoms with E-state index in [2.05, 4.69) is 11.4 Å². The van der Waals surface area contributed by atoms with Gasteiger partial charge in [0, 0.05) is 16.6 Å². The van der Waals surface area contributed by atoms with Gasteiger partial charge in [0.1, 0.15) is 11.3 Å². The molecule has 7 nitrogen and oxygen atoms in total. The van der Waals surface area contributed by atoms with Gasteiger partial charge >= 0.3 is 5.97 Å². The molecule has 0 unspecified atom stereocenters. The van der Waals surface area contributed by atoms with Crippen LogP contribution in [0.3, 0.4) is 0 Å². The highest BCUT2D eigenvalue weighted by molar-refractivity contribution is 5.98. The van der Waals surface area contributed by atoms with Crippen LogP contribution in [0.25, 0.3) is 11.0 Å². The number of nitrogens with zero attached hydrogens (tertiary/aromatic N) is 1. The second kappa shape index (κ2) is 8.27. The molecule has 28 heavy (non-hydrogen) atoms. The summed E-state index contributed by atoms with van der Waals surface area (Å²) in [4.78, 5) is 24.3. The van der Waals surface area contributed by atoms with Gasteiger partial charge < -0.3 is 19.2 Å². The number of carbonyl (C=O) groups excluding carboxylic acids is 2. The number of nitriles is 1. The Morgan fingerprint density at radius 3 is 2.61 bits per heavy atom. The maximum atomic E-state index is 12.3. The lowest BCUT2D eigenvalue weighted by Gasteiger charge is -2.06. The first-order chi connectivity index (χ1) is 13.5. The molecule has 0 aliphatic rings. The zero-order valence-corrected chi connectivity index (χ0v) is 15.4. The molecule has 0 radical (unpaired) electrons. The van der Waals surface area contributed by atoms with Crippen LogP contribution in [0.2, 0.25) is 0 Å². The summed E-state index contributed by atoms with van der Waals surface area (Å²) in [5.74, 6) is -0.489. The van der Waals surface area contributed by atoms with E-state index in [-0.39, 0.29) is 5.76 Å². The molecule has 7 heteroatoms. The van der Waals surface area contributed by atoms with Crippen molar-refractivity contribution in [3.8, 4) is 11.8 Å². The molecule has 0 atom stereocenters. The molecule has 2 aromatic carbocycles. The zero-order chi connectivity index (χ0) is 20.1. The van der Waals surface area contributed by atoms with Gasteiger partial charge in [0.05, 0.1) is 19.6 Å². The number of amides is 1. The van der Waals surface area contributed by atoms with Gasteiger partial charge in [-0.2, -0.15) is 5.26 Å². The topological polar surface area (TPSA) is 102 Å². The number of ether oxygens (including phenoxy) is 2. The van der Waals surface area contributed by atoms with E-state index in [9.17, 15) is 9.59 Å². The Morgan fingerprint density at radius 1 is 1.18 bits per heavy atom. The molecule has 3 rings (SSSR count). The lowest BCUT2D eigenvalue weighted by atomic mass is 10.1. The van der Waals surface area contributed by atoms with E-state index in [4.69, 9.17) is 19.2 Å². The number of carbonyl (C=O) groups is 2. The Hall–Kier alpha value is -3.79. The number of nitrogens with one attached hydrogen (secondary N) is 1. The fraction of sp³-hybridized carbons (Fsp3) is 0.190. The molecule has 1 N–H and O–H groups in total. The first kappa shape index (κ1) is 19.0. The van der Waals surface area contributed by atoms with Crippen molar-refractivity contribution in [1.82, 2.24) is 0 Å². The summed E-state index contributed by atoms with van der Waals surface area (Å²) < 4.78 is 15.8. The van der Waals surface area contributed by atoms with Crippen molar-refractivity contribution in [1.29, 1.82) is 5.26 Å².